The summed E-state index contributed by atoms with van der Waals surface area (Å²) in [6.07, 6.45) is 1.64. The molecule has 10 heteroatoms. The highest BCUT2D eigenvalue weighted by atomic mass is 32.2. The van der Waals surface area contributed by atoms with E-state index in [1.165, 1.54) is 39.5 Å². The van der Waals surface area contributed by atoms with Gasteiger partial charge in [0.15, 0.2) is 0 Å². The molecule has 0 saturated carbocycles. The standard InChI is InChI=1S/C21H18N2O7S/c1-28-15-8-7-12(16(11-15)29-2)9-17-19(24)18(21(25)30-3)20(31-17)22-13-5-4-6-14(10-13)23(26)27/h4-11,24H,1-3H3/b17-9+,22-20?. The zero-order valence-corrected chi connectivity index (χ0v) is 17.6. The summed E-state index contributed by atoms with van der Waals surface area (Å²) in [5, 5.41) is 21.9. The van der Waals surface area contributed by atoms with Crippen molar-refractivity contribution in [2.75, 3.05) is 21.3 Å². The predicted molar refractivity (Wildman–Crippen MR) is 117 cm³/mol. The number of ether oxygens (including phenoxy) is 3. The van der Waals surface area contributed by atoms with Crippen LogP contribution in [0.4, 0.5) is 11.4 Å². The molecular formula is C21H18N2O7S. The molecule has 0 unspecified atom stereocenters. The third-order valence-electron chi connectivity index (χ3n) is 4.28. The maximum absolute atomic E-state index is 12.3. The van der Waals surface area contributed by atoms with Gasteiger partial charge in [-0.15, -0.1) is 0 Å². The minimum Gasteiger partial charge on any atom is -0.506 e. The van der Waals surface area contributed by atoms with Crippen LogP contribution in [0.1, 0.15) is 5.56 Å². The highest BCUT2D eigenvalue weighted by molar-refractivity contribution is 8.18. The Bertz CT molecular complexity index is 1140. The number of aliphatic hydroxyl groups is 1. The summed E-state index contributed by atoms with van der Waals surface area (Å²) in [6, 6.07) is 10.8. The number of non-ortho nitro benzene ring substituents is 1. The van der Waals surface area contributed by atoms with Gasteiger partial charge in [0.25, 0.3) is 5.69 Å². The number of benzene rings is 2. The summed E-state index contributed by atoms with van der Waals surface area (Å²) in [5.74, 6) is 0.0168. The summed E-state index contributed by atoms with van der Waals surface area (Å²) >= 11 is 1.03. The average molecular weight is 442 g/mol. The summed E-state index contributed by atoms with van der Waals surface area (Å²) in [4.78, 5) is 27.4. The van der Waals surface area contributed by atoms with E-state index in [0.717, 1.165) is 11.8 Å². The van der Waals surface area contributed by atoms with E-state index in [9.17, 15) is 20.0 Å². The van der Waals surface area contributed by atoms with Crippen LogP contribution in [0.25, 0.3) is 6.08 Å². The Hall–Kier alpha value is -3.79. The number of nitro benzene ring substituents is 1. The van der Waals surface area contributed by atoms with E-state index in [1.54, 1.807) is 30.3 Å². The fraction of sp³-hybridized carbons (Fsp3) is 0.143. The number of aliphatic hydroxyl groups excluding tert-OH is 1. The molecule has 0 aromatic heterocycles. The molecule has 0 radical (unpaired) electrons. The van der Waals surface area contributed by atoms with E-state index in [4.69, 9.17) is 14.2 Å². The van der Waals surface area contributed by atoms with Crippen LogP contribution < -0.4 is 9.47 Å². The SMILES string of the molecule is COC(=O)C1=C(O)/C(=C\c2ccc(OC)cc2OC)SC1=Nc1cccc([N+](=O)[O-])c1. The van der Waals surface area contributed by atoms with Gasteiger partial charge in [-0.2, -0.15) is 0 Å². The summed E-state index contributed by atoms with van der Waals surface area (Å²) in [7, 11) is 4.23. The van der Waals surface area contributed by atoms with Crippen LogP contribution in [0.2, 0.25) is 0 Å². The van der Waals surface area contributed by atoms with Crippen LogP contribution >= 0.6 is 11.8 Å². The highest BCUT2D eigenvalue weighted by Gasteiger charge is 2.33. The zero-order chi connectivity index (χ0) is 22.5. The normalized spacial score (nSPS) is 16.0. The quantitative estimate of drug-likeness (QED) is 0.397. The number of rotatable bonds is 6. The molecule has 31 heavy (non-hydrogen) atoms. The fourth-order valence-electron chi connectivity index (χ4n) is 2.76. The fourth-order valence-corrected chi connectivity index (χ4v) is 3.79. The molecule has 0 saturated heterocycles. The van der Waals surface area contributed by atoms with Gasteiger partial charge in [0.1, 0.15) is 27.9 Å². The Morgan fingerprint density at radius 3 is 2.58 bits per heavy atom. The Labute approximate surface area is 181 Å². The second-order valence-electron chi connectivity index (χ2n) is 6.13. The third kappa shape index (κ3) is 4.69. The Morgan fingerprint density at radius 1 is 1.16 bits per heavy atom. The van der Waals surface area contributed by atoms with E-state index in [-0.39, 0.29) is 27.8 Å². The molecule has 0 fully saturated rings. The van der Waals surface area contributed by atoms with Crippen LogP contribution in [-0.4, -0.2) is 42.4 Å². The van der Waals surface area contributed by atoms with Gasteiger partial charge in [-0.25, -0.2) is 9.79 Å². The van der Waals surface area contributed by atoms with Crippen LogP contribution in [0.15, 0.2) is 63.7 Å². The van der Waals surface area contributed by atoms with Gasteiger partial charge in [0.05, 0.1) is 36.8 Å². The van der Waals surface area contributed by atoms with E-state index in [0.29, 0.717) is 22.0 Å². The molecule has 0 atom stereocenters. The molecule has 2 aromatic carbocycles. The first kappa shape index (κ1) is 21.9. The van der Waals surface area contributed by atoms with Gasteiger partial charge in [0, 0.05) is 23.8 Å². The van der Waals surface area contributed by atoms with Crippen molar-refractivity contribution in [3.8, 4) is 11.5 Å². The van der Waals surface area contributed by atoms with Crippen LogP contribution in [0.3, 0.4) is 0 Å². The molecule has 1 aliphatic rings. The maximum atomic E-state index is 12.3. The van der Waals surface area contributed by atoms with Crippen molar-refractivity contribution >= 4 is 40.2 Å². The van der Waals surface area contributed by atoms with Crippen molar-refractivity contribution in [2.45, 2.75) is 0 Å². The number of nitro groups is 1. The van der Waals surface area contributed by atoms with Crippen molar-refractivity contribution in [1.82, 2.24) is 0 Å². The summed E-state index contributed by atoms with van der Waals surface area (Å²) < 4.78 is 15.3. The number of esters is 1. The van der Waals surface area contributed by atoms with Crippen LogP contribution in [0, 0.1) is 10.1 Å². The molecule has 0 amide bonds. The number of hydrogen-bond donors (Lipinski definition) is 1. The molecule has 1 N–H and O–H groups in total. The second kappa shape index (κ2) is 9.35. The first-order valence-electron chi connectivity index (χ1n) is 8.85. The molecule has 0 spiro atoms. The Kier molecular flexibility index (Phi) is 6.61. The Balaban J connectivity index is 2.07. The number of aliphatic imine (C=N–C) groups is 1. The topological polar surface area (TPSA) is 120 Å². The lowest BCUT2D eigenvalue weighted by atomic mass is 10.1. The van der Waals surface area contributed by atoms with Gasteiger partial charge < -0.3 is 19.3 Å². The van der Waals surface area contributed by atoms with Crippen LogP contribution in [0.5, 0.6) is 11.5 Å². The first-order valence-corrected chi connectivity index (χ1v) is 9.66. The van der Waals surface area contributed by atoms with Crippen LogP contribution in [-0.2, 0) is 9.53 Å². The molecule has 1 heterocycles. The highest BCUT2D eigenvalue weighted by Crippen LogP contribution is 2.41. The minimum atomic E-state index is -0.778. The minimum absolute atomic E-state index is 0.127. The summed E-state index contributed by atoms with van der Waals surface area (Å²) in [5.41, 5.74) is 0.626. The largest absolute Gasteiger partial charge is 0.506 e. The van der Waals surface area contributed by atoms with Gasteiger partial charge in [-0.3, -0.25) is 10.1 Å². The smallest absolute Gasteiger partial charge is 0.344 e. The van der Waals surface area contributed by atoms with E-state index in [1.807, 2.05) is 0 Å². The van der Waals surface area contributed by atoms with Crippen molar-refractivity contribution in [3.63, 3.8) is 0 Å². The predicted octanol–water partition coefficient (Wildman–Crippen LogP) is 4.42. The monoisotopic (exact) mass is 442 g/mol. The number of methoxy groups -OCH3 is 3. The van der Waals surface area contributed by atoms with Gasteiger partial charge >= 0.3 is 5.97 Å². The van der Waals surface area contributed by atoms with E-state index >= 15 is 0 Å². The number of carbonyl (C=O) groups excluding carboxylic acids is 1. The molecule has 0 aliphatic carbocycles. The molecule has 9 nitrogen and oxygen atoms in total. The summed E-state index contributed by atoms with van der Waals surface area (Å²) in [6.45, 7) is 0. The lowest BCUT2D eigenvalue weighted by Crippen LogP contribution is -2.10. The van der Waals surface area contributed by atoms with E-state index in [2.05, 4.69) is 4.99 Å². The third-order valence-corrected chi connectivity index (χ3v) is 5.30. The zero-order valence-electron chi connectivity index (χ0n) is 16.8. The van der Waals surface area contributed by atoms with Crippen molar-refractivity contribution in [1.29, 1.82) is 0 Å². The lowest BCUT2D eigenvalue weighted by Gasteiger charge is -2.08. The molecule has 3 rings (SSSR count). The van der Waals surface area contributed by atoms with Crippen molar-refractivity contribution in [3.05, 3.63) is 74.4 Å². The van der Waals surface area contributed by atoms with Crippen molar-refractivity contribution in [2.24, 2.45) is 4.99 Å². The number of hydrogen-bond acceptors (Lipinski definition) is 9. The van der Waals surface area contributed by atoms with E-state index < -0.39 is 10.9 Å². The van der Waals surface area contributed by atoms with Gasteiger partial charge in [-0.05, 0) is 24.3 Å². The molecule has 0 bridgehead atoms. The second-order valence-corrected chi connectivity index (χ2v) is 7.16. The molecule has 1 aliphatic heterocycles. The first-order chi connectivity index (χ1) is 14.9. The number of thioether (sulfide) groups is 1. The van der Waals surface area contributed by atoms with Gasteiger partial charge in [0.2, 0.25) is 0 Å². The number of nitrogens with zero attached hydrogens (tertiary/aromatic N) is 2. The maximum Gasteiger partial charge on any atom is 0.344 e. The lowest BCUT2D eigenvalue weighted by molar-refractivity contribution is -0.384. The number of carbonyl (C=O) groups is 1. The van der Waals surface area contributed by atoms with Crippen molar-refractivity contribution < 1.29 is 29.0 Å². The molecule has 160 valence electrons. The van der Waals surface area contributed by atoms with Gasteiger partial charge in [-0.1, -0.05) is 17.8 Å². The molecule has 2 aromatic rings. The Morgan fingerprint density at radius 2 is 1.94 bits per heavy atom. The molecular weight excluding hydrogens is 424 g/mol. The average Bonchev–Trinajstić information content (AvgIpc) is 3.08.